The fourth-order valence-corrected chi connectivity index (χ4v) is 4.58. The number of sulfone groups is 1. The van der Waals surface area contributed by atoms with Gasteiger partial charge < -0.3 is 4.74 Å². The number of ether oxygens (including phenoxy) is 1. The van der Waals surface area contributed by atoms with Crippen molar-refractivity contribution in [3.05, 3.63) is 53.2 Å². The number of carbonyl (C=O) groups is 1. The maximum atomic E-state index is 13.2. The predicted molar refractivity (Wildman–Crippen MR) is 102 cm³/mol. The van der Waals surface area contributed by atoms with Crippen LogP contribution in [0.2, 0.25) is 0 Å². The van der Waals surface area contributed by atoms with Crippen LogP contribution in [0.1, 0.15) is 28.4 Å². The number of aromatic nitrogens is 2. The van der Waals surface area contributed by atoms with E-state index in [0.29, 0.717) is 6.20 Å². The Morgan fingerprint density at radius 2 is 1.79 bits per heavy atom. The molecule has 0 unspecified atom stereocenters. The van der Waals surface area contributed by atoms with Gasteiger partial charge >= 0.3 is 12.5 Å². The molecule has 0 saturated carbocycles. The minimum absolute atomic E-state index is 0.158. The quantitative estimate of drug-likeness (QED) is 0.509. The Labute approximate surface area is 182 Å². The molecule has 0 radical (unpaired) electrons. The SMILES string of the molecule is CCS(=O)(=O)c1c(N2Cc3ccc(OC(F)(F)F)cc3C2=O)nc2ccc(C(F)(F)F)cn12. The lowest BCUT2D eigenvalue weighted by molar-refractivity contribution is -0.274. The topological polar surface area (TPSA) is 81.0 Å². The highest BCUT2D eigenvalue weighted by Gasteiger charge is 2.38. The van der Waals surface area contributed by atoms with E-state index in [-0.39, 0.29) is 23.3 Å². The van der Waals surface area contributed by atoms with Gasteiger partial charge in [0.25, 0.3) is 5.91 Å². The van der Waals surface area contributed by atoms with Gasteiger partial charge in [0.2, 0.25) is 0 Å². The van der Waals surface area contributed by atoms with Gasteiger partial charge in [-0.2, -0.15) is 13.2 Å². The second-order valence-corrected chi connectivity index (χ2v) is 9.24. The molecular weight excluding hydrogens is 480 g/mol. The molecule has 3 aromatic rings. The third kappa shape index (κ3) is 4.10. The molecule has 0 aliphatic carbocycles. The number of carbonyl (C=O) groups excluding carboxylic acids is 1. The number of hydrogen-bond acceptors (Lipinski definition) is 5. The van der Waals surface area contributed by atoms with E-state index in [4.69, 9.17) is 0 Å². The zero-order valence-corrected chi connectivity index (χ0v) is 17.3. The molecule has 4 rings (SSSR count). The van der Waals surface area contributed by atoms with Crippen LogP contribution in [0.4, 0.5) is 32.2 Å². The van der Waals surface area contributed by atoms with E-state index < -0.39 is 56.2 Å². The van der Waals surface area contributed by atoms with E-state index in [1.54, 1.807) is 0 Å². The molecule has 0 fully saturated rings. The van der Waals surface area contributed by atoms with E-state index >= 15 is 0 Å². The van der Waals surface area contributed by atoms with Gasteiger partial charge in [0, 0.05) is 11.8 Å². The van der Waals surface area contributed by atoms with Crippen LogP contribution in [0.25, 0.3) is 5.65 Å². The minimum atomic E-state index is -4.99. The summed E-state index contributed by atoms with van der Waals surface area (Å²) in [6.45, 7) is 1.02. The molecule has 1 aromatic carbocycles. The van der Waals surface area contributed by atoms with E-state index in [1.807, 2.05) is 0 Å². The van der Waals surface area contributed by atoms with Gasteiger partial charge in [-0.15, -0.1) is 13.2 Å². The molecule has 0 atom stereocenters. The molecule has 176 valence electrons. The molecule has 0 spiro atoms. The van der Waals surface area contributed by atoms with Crippen molar-refractivity contribution >= 4 is 27.2 Å². The Morgan fingerprint density at radius 1 is 1.09 bits per heavy atom. The maximum Gasteiger partial charge on any atom is 0.573 e. The van der Waals surface area contributed by atoms with Gasteiger partial charge in [-0.1, -0.05) is 13.0 Å². The zero-order chi connectivity index (χ0) is 24.3. The van der Waals surface area contributed by atoms with E-state index in [0.717, 1.165) is 33.6 Å². The Kier molecular flexibility index (Phi) is 5.11. The fraction of sp³-hybridized carbons (Fsp3) is 0.263. The Balaban J connectivity index is 1.85. The number of nitrogens with zero attached hydrogens (tertiary/aromatic N) is 3. The number of pyridine rings is 1. The van der Waals surface area contributed by atoms with Gasteiger partial charge in [-0.05, 0) is 29.8 Å². The number of fused-ring (bicyclic) bond motifs is 2. The highest BCUT2D eigenvalue weighted by atomic mass is 32.2. The van der Waals surface area contributed by atoms with Crippen LogP contribution in [0.5, 0.6) is 5.75 Å². The molecule has 33 heavy (non-hydrogen) atoms. The minimum Gasteiger partial charge on any atom is -0.406 e. The van der Waals surface area contributed by atoms with Crippen molar-refractivity contribution in [1.82, 2.24) is 9.38 Å². The average molecular weight is 493 g/mol. The summed E-state index contributed by atoms with van der Waals surface area (Å²) < 4.78 is 107. The second kappa shape index (κ2) is 7.37. The number of halogens is 6. The lowest BCUT2D eigenvalue weighted by atomic mass is 10.1. The first kappa shape index (κ1) is 22.9. The summed E-state index contributed by atoms with van der Waals surface area (Å²) in [5.41, 5.74) is -1.20. The van der Waals surface area contributed by atoms with Crippen LogP contribution in [0.15, 0.2) is 41.6 Å². The lowest BCUT2D eigenvalue weighted by Gasteiger charge is -2.15. The van der Waals surface area contributed by atoms with E-state index in [2.05, 4.69) is 9.72 Å². The molecule has 1 aliphatic heterocycles. The summed E-state index contributed by atoms with van der Waals surface area (Å²) >= 11 is 0. The number of amides is 1. The van der Waals surface area contributed by atoms with Crippen molar-refractivity contribution in [3.8, 4) is 5.75 Å². The summed E-state index contributed by atoms with van der Waals surface area (Å²) in [6, 6.07) is 4.74. The van der Waals surface area contributed by atoms with Crippen molar-refractivity contribution < 1.29 is 44.3 Å². The largest absolute Gasteiger partial charge is 0.573 e. The second-order valence-electron chi connectivity index (χ2n) is 7.05. The molecule has 3 heterocycles. The molecule has 0 N–H and O–H groups in total. The first-order valence-corrected chi connectivity index (χ1v) is 10.9. The zero-order valence-electron chi connectivity index (χ0n) is 16.5. The Bertz CT molecular complexity index is 1380. The van der Waals surface area contributed by atoms with Crippen LogP contribution >= 0.6 is 0 Å². The smallest absolute Gasteiger partial charge is 0.406 e. The molecule has 2 aromatic heterocycles. The van der Waals surface area contributed by atoms with Crippen molar-refractivity contribution in [2.45, 2.75) is 31.0 Å². The number of anilines is 1. The van der Waals surface area contributed by atoms with Crippen molar-refractivity contribution in [2.75, 3.05) is 10.7 Å². The van der Waals surface area contributed by atoms with Crippen LogP contribution < -0.4 is 9.64 Å². The molecular formula is C19H13F6N3O4S. The molecule has 1 amide bonds. The molecule has 0 saturated heterocycles. The Morgan fingerprint density at radius 3 is 2.39 bits per heavy atom. The first-order valence-electron chi connectivity index (χ1n) is 9.24. The van der Waals surface area contributed by atoms with E-state index in [9.17, 15) is 39.6 Å². The number of alkyl halides is 6. The Hall–Kier alpha value is -3.29. The van der Waals surface area contributed by atoms with Crippen LogP contribution in [0.3, 0.4) is 0 Å². The molecule has 0 bridgehead atoms. The lowest BCUT2D eigenvalue weighted by Crippen LogP contribution is -2.26. The summed E-state index contributed by atoms with van der Waals surface area (Å²) in [4.78, 5) is 17.9. The first-order chi connectivity index (χ1) is 15.2. The number of rotatable bonds is 4. The number of benzene rings is 1. The van der Waals surface area contributed by atoms with Gasteiger partial charge in [0.15, 0.2) is 20.7 Å². The molecule has 1 aliphatic rings. The maximum absolute atomic E-state index is 13.2. The summed E-state index contributed by atoms with van der Waals surface area (Å²) in [5, 5.41) is -0.626. The highest BCUT2D eigenvalue weighted by Crippen LogP contribution is 2.37. The van der Waals surface area contributed by atoms with E-state index in [1.165, 1.54) is 13.0 Å². The van der Waals surface area contributed by atoms with Crippen molar-refractivity contribution in [1.29, 1.82) is 0 Å². The van der Waals surface area contributed by atoms with Gasteiger partial charge in [0.1, 0.15) is 11.4 Å². The predicted octanol–water partition coefficient (Wildman–Crippen LogP) is 4.21. The average Bonchev–Trinajstić information content (AvgIpc) is 3.24. The van der Waals surface area contributed by atoms with Gasteiger partial charge in [-0.3, -0.25) is 14.1 Å². The number of hydrogen-bond donors (Lipinski definition) is 0. The van der Waals surface area contributed by atoms with Gasteiger partial charge in [0.05, 0.1) is 17.9 Å². The highest BCUT2D eigenvalue weighted by molar-refractivity contribution is 7.91. The van der Waals surface area contributed by atoms with Crippen LogP contribution in [-0.2, 0) is 22.6 Å². The van der Waals surface area contributed by atoms with Crippen molar-refractivity contribution in [3.63, 3.8) is 0 Å². The van der Waals surface area contributed by atoms with Crippen LogP contribution in [0, 0.1) is 0 Å². The standard InChI is InChI=1S/C19H13F6N3O4S/c1-2-33(30,31)17-15(26-14-6-4-11(9-27(14)17)18(20,21)22)28-8-10-3-5-12(32-19(23,24)25)7-13(10)16(28)29/h3-7,9H,2,8H2,1H3. The van der Waals surface area contributed by atoms with Crippen molar-refractivity contribution in [2.24, 2.45) is 0 Å². The summed E-state index contributed by atoms with van der Waals surface area (Å²) in [7, 11) is -4.19. The summed E-state index contributed by atoms with van der Waals surface area (Å²) in [6.07, 6.45) is -9.19. The number of imidazole rings is 1. The molecule has 14 heteroatoms. The fourth-order valence-electron chi connectivity index (χ4n) is 3.43. The van der Waals surface area contributed by atoms with Gasteiger partial charge in [-0.25, -0.2) is 13.4 Å². The summed E-state index contributed by atoms with van der Waals surface area (Å²) in [5.74, 6) is -2.44. The monoisotopic (exact) mass is 493 g/mol. The third-order valence-corrected chi connectivity index (χ3v) is 6.66. The third-order valence-electron chi connectivity index (χ3n) is 4.93. The molecule has 7 nitrogen and oxygen atoms in total. The normalized spacial score (nSPS) is 14.8. The van der Waals surface area contributed by atoms with Crippen LogP contribution in [-0.4, -0.2) is 35.8 Å².